The van der Waals surface area contributed by atoms with Gasteiger partial charge in [-0.1, -0.05) is 0 Å². The maximum Gasteiger partial charge on any atom is 0.409 e. The van der Waals surface area contributed by atoms with Gasteiger partial charge in [-0.25, -0.2) is 4.79 Å². The molecule has 3 rings (SSSR count). The summed E-state index contributed by atoms with van der Waals surface area (Å²) in [4.78, 5) is 16.3. The average Bonchev–Trinajstić information content (AvgIpc) is 3.05. The SMILES string of the molecule is COCC12CCCN1C(COC(=O)N1CCOCC1)CC2. The summed E-state index contributed by atoms with van der Waals surface area (Å²) in [7, 11) is 1.77. The smallest absolute Gasteiger partial charge is 0.409 e. The van der Waals surface area contributed by atoms with E-state index in [0.717, 1.165) is 26.0 Å². The van der Waals surface area contributed by atoms with Crippen molar-refractivity contribution in [1.29, 1.82) is 0 Å². The number of fused-ring (bicyclic) bond motifs is 1. The highest BCUT2D eigenvalue weighted by Crippen LogP contribution is 2.42. The van der Waals surface area contributed by atoms with Crippen LogP contribution in [0.1, 0.15) is 25.7 Å². The molecule has 0 aromatic rings. The monoisotopic (exact) mass is 298 g/mol. The van der Waals surface area contributed by atoms with Crippen LogP contribution in [0, 0.1) is 0 Å². The number of carbonyl (C=O) groups excluding carboxylic acids is 1. The molecule has 0 aliphatic carbocycles. The van der Waals surface area contributed by atoms with Crippen molar-refractivity contribution in [3.8, 4) is 0 Å². The Kier molecular flexibility index (Phi) is 4.66. The van der Waals surface area contributed by atoms with Crippen molar-refractivity contribution in [3.63, 3.8) is 0 Å². The first-order valence-corrected chi connectivity index (χ1v) is 8.00. The largest absolute Gasteiger partial charge is 0.448 e. The zero-order chi connectivity index (χ0) is 14.7. The van der Waals surface area contributed by atoms with Crippen LogP contribution in [0.4, 0.5) is 4.79 Å². The number of amides is 1. The van der Waals surface area contributed by atoms with Gasteiger partial charge in [-0.2, -0.15) is 0 Å². The molecule has 6 nitrogen and oxygen atoms in total. The minimum Gasteiger partial charge on any atom is -0.448 e. The summed E-state index contributed by atoms with van der Waals surface area (Å²) >= 11 is 0. The lowest BCUT2D eigenvalue weighted by atomic mass is 9.95. The fraction of sp³-hybridized carbons (Fsp3) is 0.933. The topological polar surface area (TPSA) is 51.2 Å². The predicted molar refractivity (Wildman–Crippen MR) is 77.3 cm³/mol. The second-order valence-corrected chi connectivity index (χ2v) is 6.32. The summed E-state index contributed by atoms with van der Waals surface area (Å²) in [5.74, 6) is 0. The fourth-order valence-electron chi connectivity index (χ4n) is 4.06. The Hall–Kier alpha value is -0.850. The van der Waals surface area contributed by atoms with Crippen molar-refractivity contribution in [2.75, 3.05) is 53.2 Å². The van der Waals surface area contributed by atoms with E-state index in [0.29, 0.717) is 39.0 Å². The van der Waals surface area contributed by atoms with Crippen molar-refractivity contribution < 1.29 is 19.0 Å². The Morgan fingerprint density at radius 3 is 2.86 bits per heavy atom. The molecule has 6 heteroatoms. The summed E-state index contributed by atoms with van der Waals surface area (Å²) in [5, 5.41) is 0. The molecule has 2 unspecified atom stereocenters. The zero-order valence-electron chi connectivity index (χ0n) is 12.9. The third-order valence-corrected chi connectivity index (χ3v) is 5.12. The average molecular weight is 298 g/mol. The van der Waals surface area contributed by atoms with E-state index < -0.39 is 0 Å². The van der Waals surface area contributed by atoms with Crippen LogP contribution < -0.4 is 0 Å². The third-order valence-electron chi connectivity index (χ3n) is 5.12. The first kappa shape index (κ1) is 15.1. The van der Waals surface area contributed by atoms with Crippen LogP contribution in [0.25, 0.3) is 0 Å². The summed E-state index contributed by atoms with van der Waals surface area (Å²) in [6, 6.07) is 0.354. The van der Waals surface area contributed by atoms with E-state index in [4.69, 9.17) is 14.2 Å². The van der Waals surface area contributed by atoms with Crippen LogP contribution in [0.15, 0.2) is 0 Å². The van der Waals surface area contributed by atoms with Gasteiger partial charge in [-0.3, -0.25) is 4.90 Å². The van der Waals surface area contributed by atoms with Gasteiger partial charge < -0.3 is 19.1 Å². The van der Waals surface area contributed by atoms with Gasteiger partial charge in [0, 0.05) is 31.8 Å². The number of hydrogen-bond acceptors (Lipinski definition) is 5. The molecule has 0 aromatic heterocycles. The molecule has 3 aliphatic rings. The van der Waals surface area contributed by atoms with Crippen LogP contribution in [0.2, 0.25) is 0 Å². The molecule has 0 aromatic carbocycles. The maximum absolute atomic E-state index is 12.1. The lowest BCUT2D eigenvalue weighted by Gasteiger charge is -2.34. The fourth-order valence-corrected chi connectivity index (χ4v) is 4.06. The van der Waals surface area contributed by atoms with Crippen molar-refractivity contribution in [1.82, 2.24) is 9.80 Å². The van der Waals surface area contributed by atoms with Gasteiger partial charge in [0.1, 0.15) is 6.61 Å². The quantitative estimate of drug-likeness (QED) is 0.778. The van der Waals surface area contributed by atoms with Gasteiger partial charge in [0.15, 0.2) is 0 Å². The van der Waals surface area contributed by atoms with Crippen molar-refractivity contribution in [3.05, 3.63) is 0 Å². The van der Waals surface area contributed by atoms with Crippen LogP contribution in [-0.4, -0.2) is 80.6 Å². The van der Waals surface area contributed by atoms with Crippen LogP contribution >= 0.6 is 0 Å². The van der Waals surface area contributed by atoms with Gasteiger partial charge in [0.2, 0.25) is 0 Å². The van der Waals surface area contributed by atoms with Gasteiger partial charge in [-0.05, 0) is 32.2 Å². The normalized spacial score (nSPS) is 33.2. The molecule has 120 valence electrons. The van der Waals surface area contributed by atoms with E-state index >= 15 is 0 Å². The summed E-state index contributed by atoms with van der Waals surface area (Å²) < 4.78 is 16.2. The number of methoxy groups -OCH3 is 1. The van der Waals surface area contributed by atoms with Crippen molar-refractivity contribution >= 4 is 6.09 Å². The highest BCUT2D eigenvalue weighted by Gasteiger charge is 2.49. The molecule has 3 fully saturated rings. The lowest BCUT2D eigenvalue weighted by Crippen LogP contribution is -2.48. The zero-order valence-corrected chi connectivity index (χ0v) is 12.9. The van der Waals surface area contributed by atoms with E-state index in [1.807, 2.05) is 0 Å². The van der Waals surface area contributed by atoms with Crippen LogP contribution in [0.5, 0.6) is 0 Å². The molecule has 3 heterocycles. The highest BCUT2D eigenvalue weighted by molar-refractivity contribution is 5.67. The van der Waals surface area contributed by atoms with Crippen molar-refractivity contribution in [2.24, 2.45) is 0 Å². The van der Waals surface area contributed by atoms with Gasteiger partial charge in [-0.15, -0.1) is 0 Å². The molecule has 0 saturated carbocycles. The Balaban J connectivity index is 1.50. The molecule has 0 N–H and O–H groups in total. The Bertz CT molecular complexity index is 373. The van der Waals surface area contributed by atoms with Gasteiger partial charge >= 0.3 is 6.09 Å². The predicted octanol–water partition coefficient (Wildman–Crippen LogP) is 1.10. The lowest BCUT2D eigenvalue weighted by molar-refractivity contribution is 0.00904. The molecule has 21 heavy (non-hydrogen) atoms. The number of hydrogen-bond donors (Lipinski definition) is 0. The second kappa shape index (κ2) is 6.50. The minimum atomic E-state index is -0.193. The molecule has 0 spiro atoms. The number of ether oxygens (including phenoxy) is 3. The standard InChI is InChI=1S/C15H26N2O4/c1-19-12-15-4-2-6-17(15)13(3-5-15)11-21-14(18)16-7-9-20-10-8-16/h13H,2-12H2,1H3. The van der Waals surface area contributed by atoms with Gasteiger partial charge in [0.25, 0.3) is 0 Å². The Morgan fingerprint density at radius 2 is 2.10 bits per heavy atom. The molecule has 2 atom stereocenters. The number of carbonyl (C=O) groups is 1. The van der Waals surface area contributed by atoms with Crippen LogP contribution in [0.3, 0.4) is 0 Å². The molecule has 3 aliphatic heterocycles. The molecular formula is C15H26N2O4. The van der Waals surface area contributed by atoms with Crippen molar-refractivity contribution in [2.45, 2.75) is 37.3 Å². The summed E-state index contributed by atoms with van der Waals surface area (Å²) in [5.41, 5.74) is 0.199. The minimum absolute atomic E-state index is 0.193. The molecule has 0 bridgehead atoms. The Morgan fingerprint density at radius 1 is 1.29 bits per heavy atom. The molecule has 1 amide bonds. The van der Waals surface area contributed by atoms with Gasteiger partial charge in [0.05, 0.1) is 19.8 Å². The first-order valence-electron chi connectivity index (χ1n) is 8.00. The summed E-state index contributed by atoms with van der Waals surface area (Å²) in [6.45, 7) is 4.90. The number of nitrogens with zero attached hydrogens (tertiary/aromatic N) is 2. The van der Waals surface area contributed by atoms with Crippen LogP contribution in [-0.2, 0) is 14.2 Å². The van der Waals surface area contributed by atoms with E-state index in [9.17, 15) is 4.79 Å². The molecular weight excluding hydrogens is 272 g/mol. The maximum atomic E-state index is 12.1. The second-order valence-electron chi connectivity index (χ2n) is 6.32. The van der Waals surface area contributed by atoms with E-state index in [2.05, 4.69) is 4.90 Å². The summed E-state index contributed by atoms with van der Waals surface area (Å²) in [6.07, 6.45) is 4.48. The molecule has 3 saturated heterocycles. The molecule has 0 radical (unpaired) electrons. The van der Waals surface area contributed by atoms with E-state index in [1.165, 1.54) is 12.8 Å². The highest BCUT2D eigenvalue weighted by atomic mass is 16.6. The third kappa shape index (κ3) is 3.03. The first-order chi connectivity index (χ1) is 10.2. The number of morpholine rings is 1. The number of rotatable bonds is 4. The van der Waals surface area contributed by atoms with E-state index in [-0.39, 0.29) is 11.6 Å². The Labute approximate surface area is 126 Å². The van der Waals surface area contributed by atoms with E-state index in [1.54, 1.807) is 12.0 Å².